The Kier molecular flexibility index (Phi) is 6.72. The van der Waals surface area contributed by atoms with Crippen molar-refractivity contribution in [3.05, 3.63) is 77.4 Å². The predicted molar refractivity (Wildman–Crippen MR) is 111 cm³/mol. The van der Waals surface area contributed by atoms with E-state index in [4.69, 9.17) is 12.2 Å². The molecule has 0 aliphatic heterocycles. The van der Waals surface area contributed by atoms with Gasteiger partial charge >= 0.3 is 0 Å². The SMILES string of the molecule is CCc1nnc(SCc2ccccc2)n1NC(=S)NC(=O)c1cccc(F)c1. The van der Waals surface area contributed by atoms with Gasteiger partial charge in [0.05, 0.1) is 0 Å². The molecular weight excluding hydrogens is 397 g/mol. The van der Waals surface area contributed by atoms with E-state index in [-0.39, 0.29) is 10.7 Å². The van der Waals surface area contributed by atoms with Crippen molar-refractivity contribution in [2.75, 3.05) is 5.43 Å². The van der Waals surface area contributed by atoms with Crippen LogP contribution in [0.15, 0.2) is 59.8 Å². The lowest BCUT2D eigenvalue weighted by atomic mass is 10.2. The minimum Gasteiger partial charge on any atom is -0.298 e. The molecule has 0 unspecified atom stereocenters. The molecular formula is C19H18FN5OS2. The molecule has 0 fully saturated rings. The summed E-state index contributed by atoms with van der Waals surface area (Å²) in [5.74, 6) is 0.407. The first kappa shape index (κ1) is 20.0. The van der Waals surface area contributed by atoms with Gasteiger partial charge in [0.1, 0.15) is 5.82 Å². The van der Waals surface area contributed by atoms with Crippen molar-refractivity contribution in [3.8, 4) is 0 Å². The Morgan fingerprint density at radius 2 is 1.96 bits per heavy atom. The van der Waals surface area contributed by atoms with E-state index in [1.54, 1.807) is 4.68 Å². The Morgan fingerprint density at radius 1 is 1.18 bits per heavy atom. The van der Waals surface area contributed by atoms with Crippen molar-refractivity contribution in [2.45, 2.75) is 24.3 Å². The molecule has 0 atom stereocenters. The van der Waals surface area contributed by atoms with Crippen molar-refractivity contribution in [1.29, 1.82) is 0 Å². The molecule has 1 amide bonds. The van der Waals surface area contributed by atoms with Crippen LogP contribution in [0, 0.1) is 5.82 Å². The van der Waals surface area contributed by atoms with Crippen LogP contribution in [0.3, 0.4) is 0 Å². The second-order valence-corrected chi connectivity index (χ2v) is 7.12. The minimum absolute atomic E-state index is 0.0744. The van der Waals surface area contributed by atoms with Gasteiger partial charge in [0, 0.05) is 17.7 Å². The lowest BCUT2D eigenvalue weighted by Crippen LogP contribution is -2.38. The summed E-state index contributed by atoms with van der Waals surface area (Å²) in [7, 11) is 0. The van der Waals surface area contributed by atoms with Gasteiger partial charge in [0.25, 0.3) is 5.91 Å². The molecule has 0 saturated heterocycles. The fourth-order valence-corrected chi connectivity index (χ4v) is 3.44. The maximum absolute atomic E-state index is 13.3. The number of carbonyl (C=O) groups excluding carboxylic acids is 1. The summed E-state index contributed by atoms with van der Waals surface area (Å²) < 4.78 is 14.9. The maximum atomic E-state index is 13.3. The van der Waals surface area contributed by atoms with E-state index < -0.39 is 11.7 Å². The van der Waals surface area contributed by atoms with Gasteiger partial charge in [-0.1, -0.05) is 55.1 Å². The van der Waals surface area contributed by atoms with Crippen LogP contribution in [0.2, 0.25) is 0 Å². The summed E-state index contributed by atoms with van der Waals surface area (Å²) in [6, 6.07) is 15.4. The topological polar surface area (TPSA) is 71.8 Å². The van der Waals surface area contributed by atoms with Gasteiger partial charge in [-0.2, -0.15) is 0 Å². The van der Waals surface area contributed by atoms with E-state index >= 15 is 0 Å². The number of thioether (sulfide) groups is 1. The van der Waals surface area contributed by atoms with Crippen LogP contribution >= 0.6 is 24.0 Å². The van der Waals surface area contributed by atoms with Crippen LogP contribution in [-0.2, 0) is 12.2 Å². The fraction of sp³-hybridized carbons (Fsp3) is 0.158. The van der Waals surface area contributed by atoms with E-state index in [1.165, 1.54) is 30.0 Å². The van der Waals surface area contributed by atoms with Gasteiger partial charge in [-0.3, -0.25) is 15.5 Å². The van der Waals surface area contributed by atoms with Crippen molar-refractivity contribution < 1.29 is 9.18 Å². The molecule has 1 heterocycles. The van der Waals surface area contributed by atoms with Crippen molar-refractivity contribution in [1.82, 2.24) is 20.2 Å². The third-order valence-corrected chi connectivity index (χ3v) is 4.95. The first-order valence-electron chi connectivity index (χ1n) is 8.55. The van der Waals surface area contributed by atoms with Gasteiger partial charge in [0.2, 0.25) is 5.16 Å². The van der Waals surface area contributed by atoms with Crippen molar-refractivity contribution >= 4 is 35.0 Å². The number of carbonyl (C=O) groups is 1. The molecule has 0 bridgehead atoms. The van der Waals surface area contributed by atoms with Crippen LogP contribution in [0.25, 0.3) is 0 Å². The van der Waals surface area contributed by atoms with Crippen molar-refractivity contribution in [3.63, 3.8) is 0 Å². The zero-order valence-corrected chi connectivity index (χ0v) is 16.7. The highest BCUT2D eigenvalue weighted by molar-refractivity contribution is 7.98. The van der Waals surface area contributed by atoms with Crippen LogP contribution in [-0.4, -0.2) is 25.9 Å². The van der Waals surface area contributed by atoms with Gasteiger partial charge in [-0.15, -0.1) is 10.2 Å². The van der Waals surface area contributed by atoms with Gasteiger partial charge in [-0.25, -0.2) is 9.07 Å². The monoisotopic (exact) mass is 415 g/mol. The lowest BCUT2D eigenvalue weighted by molar-refractivity contribution is 0.0977. The third kappa shape index (κ3) is 5.14. The predicted octanol–water partition coefficient (Wildman–Crippen LogP) is 3.53. The number of aryl methyl sites for hydroxylation is 1. The highest BCUT2D eigenvalue weighted by Gasteiger charge is 2.15. The number of rotatable bonds is 6. The van der Waals surface area contributed by atoms with Gasteiger partial charge in [0.15, 0.2) is 10.9 Å². The Balaban J connectivity index is 1.67. The molecule has 28 heavy (non-hydrogen) atoms. The largest absolute Gasteiger partial charge is 0.298 e. The molecule has 3 rings (SSSR count). The van der Waals surface area contributed by atoms with Crippen LogP contribution in [0.5, 0.6) is 0 Å². The smallest absolute Gasteiger partial charge is 0.257 e. The maximum Gasteiger partial charge on any atom is 0.257 e. The third-order valence-electron chi connectivity index (χ3n) is 3.75. The van der Waals surface area contributed by atoms with E-state index in [2.05, 4.69) is 20.9 Å². The van der Waals surface area contributed by atoms with Crippen molar-refractivity contribution in [2.24, 2.45) is 0 Å². The van der Waals surface area contributed by atoms with Gasteiger partial charge < -0.3 is 0 Å². The fourth-order valence-electron chi connectivity index (χ4n) is 2.39. The summed E-state index contributed by atoms with van der Waals surface area (Å²) in [6.07, 6.45) is 0.631. The number of nitrogens with one attached hydrogen (secondary N) is 2. The molecule has 2 aromatic carbocycles. The molecule has 1 aromatic heterocycles. The Bertz CT molecular complexity index is 977. The number of hydrogen-bond acceptors (Lipinski definition) is 5. The molecule has 6 nitrogen and oxygen atoms in total. The summed E-state index contributed by atoms with van der Waals surface area (Å²) in [4.78, 5) is 12.2. The van der Waals surface area contributed by atoms with Crippen LogP contribution in [0.1, 0.15) is 28.7 Å². The highest BCUT2D eigenvalue weighted by Crippen LogP contribution is 2.21. The van der Waals surface area contributed by atoms with E-state index in [1.807, 2.05) is 37.3 Å². The zero-order chi connectivity index (χ0) is 19.9. The molecule has 0 radical (unpaired) electrons. The Hall–Kier alpha value is -2.78. The van der Waals surface area contributed by atoms with E-state index in [9.17, 15) is 9.18 Å². The average molecular weight is 416 g/mol. The van der Waals surface area contributed by atoms with Crippen LogP contribution < -0.4 is 10.7 Å². The summed E-state index contributed by atoms with van der Waals surface area (Å²) in [5.41, 5.74) is 4.28. The quantitative estimate of drug-likeness (QED) is 0.474. The molecule has 0 spiro atoms. The summed E-state index contributed by atoms with van der Waals surface area (Å²) in [5, 5.41) is 11.6. The number of halogens is 1. The molecule has 3 aromatic rings. The highest BCUT2D eigenvalue weighted by atomic mass is 32.2. The second kappa shape index (κ2) is 9.43. The number of hydrogen-bond donors (Lipinski definition) is 2. The first-order valence-corrected chi connectivity index (χ1v) is 9.95. The molecule has 0 saturated carbocycles. The average Bonchev–Trinajstić information content (AvgIpc) is 3.08. The molecule has 0 aliphatic carbocycles. The summed E-state index contributed by atoms with van der Waals surface area (Å²) in [6.45, 7) is 1.95. The normalized spacial score (nSPS) is 10.5. The molecule has 9 heteroatoms. The van der Waals surface area contributed by atoms with E-state index in [0.717, 1.165) is 11.6 Å². The number of benzene rings is 2. The minimum atomic E-state index is -0.499. The zero-order valence-electron chi connectivity index (χ0n) is 15.1. The number of thiocarbonyl (C=S) groups is 1. The number of aromatic nitrogens is 3. The standard InChI is InChI=1S/C19H18FN5OS2/c1-2-16-22-23-19(28-12-13-7-4-3-5-8-13)25(16)24-18(27)21-17(26)14-9-6-10-15(20)11-14/h3-11H,2,12H2,1H3,(H2,21,24,26,27). The second-order valence-electron chi connectivity index (χ2n) is 5.77. The molecule has 0 aliphatic rings. The number of nitrogens with zero attached hydrogens (tertiary/aromatic N) is 3. The van der Waals surface area contributed by atoms with Crippen LogP contribution in [0.4, 0.5) is 4.39 Å². The van der Waals surface area contributed by atoms with Gasteiger partial charge in [-0.05, 0) is 36.0 Å². The lowest BCUT2D eigenvalue weighted by Gasteiger charge is -2.13. The molecule has 2 N–H and O–H groups in total. The molecule has 144 valence electrons. The Morgan fingerprint density at radius 3 is 2.68 bits per heavy atom. The van der Waals surface area contributed by atoms with E-state index in [0.29, 0.717) is 23.2 Å². The Labute approximate surface area is 171 Å². The first-order chi connectivity index (χ1) is 13.6. The number of amides is 1. The summed E-state index contributed by atoms with van der Waals surface area (Å²) >= 11 is 6.73.